The van der Waals surface area contributed by atoms with Crippen molar-refractivity contribution >= 4 is 11.9 Å². The lowest BCUT2D eigenvalue weighted by Gasteiger charge is -2.05. The van der Waals surface area contributed by atoms with Gasteiger partial charge in [-0.15, -0.1) is 0 Å². The van der Waals surface area contributed by atoms with E-state index in [1.54, 1.807) is 12.3 Å². The standard InChI is InChI=1S/C11H14N4O/c16-10(13-7-1-2-7)9-5-6-12-11(15-9)14-8-3-4-8/h5-8H,1-4H2,(H,13,16)(H,12,14,15). The lowest BCUT2D eigenvalue weighted by Crippen LogP contribution is -2.26. The number of anilines is 1. The van der Waals surface area contributed by atoms with Crippen molar-refractivity contribution in [1.29, 1.82) is 0 Å². The quantitative estimate of drug-likeness (QED) is 0.789. The van der Waals surface area contributed by atoms with Gasteiger partial charge in [-0.1, -0.05) is 0 Å². The van der Waals surface area contributed by atoms with Gasteiger partial charge in [0.1, 0.15) is 5.69 Å². The summed E-state index contributed by atoms with van der Waals surface area (Å²) in [5, 5.41) is 6.09. The van der Waals surface area contributed by atoms with Crippen molar-refractivity contribution in [3.63, 3.8) is 0 Å². The first-order valence-electron chi connectivity index (χ1n) is 5.72. The van der Waals surface area contributed by atoms with Crippen LogP contribution in [0.3, 0.4) is 0 Å². The summed E-state index contributed by atoms with van der Waals surface area (Å²) in [6.45, 7) is 0. The fourth-order valence-electron chi connectivity index (χ4n) is 1.45. The van der Waals surface area contributed by atoms with Crippen molar-refractivity contribution in [2.75, 3.05) is 5.32 Å². The molecule has 3 rings (SSSR count). The molecular weight excluding hydrogens is 204 g/mol. The second-order valence-corrected chi connectivity index (χ2v) is 4.43. The van der Waals surface area contributed by atoms with E-state index in [2.05, 4.69) is 20.6 Å². The molecule has 1 amide bonds. The fraction of sp³-hybridized carbons (Fsp3) is 0.545. The molecule has 0 bridgehead atoms. The lowest BCUT2D eigenvalue weighted by atomic mass is 10.4. The molecule has 2 saturated carbocycles. The van der Waals surface area contributed by atoms with Crippen molar-refractivity contribution in [3.8, 4) is 0 Å². The van der Waals surface area contributed by atoms with Crippen LogP contribution in [0.4, 0.5) is 5.95 Å². The van der Waals surface area contributed by atoms with Gasteiger partial charge in [-0.2, -0.15) is 0 Å². The highest BCUT2D eigenvalue weighted by molar-refractivity contribution is 5.92. The van der Waals surface area contributed by atoms with E-state index in [0.717, 1.165) is 12.8 Å². The van der Waals surface area contributed by atoms with Gasteiger partial charge in [0.2, 0.25) is 5.95 Å². The van der Waals surface area contributed by atoms with E-state index in [1.807, 2.05) is 0 Å². The van der Waals surface area contributed by atoms with Gasteiger partial charge in [0.25, 0.3) is 5.91 Å². The summed E-state index contributed by atoms with van der Waals surface area (Å²) >= 11 is 0. The molecule has 0 atom stereocenters. The molecule has 5 heteroatoms. The van der Waals surface area contributed by atoms with Crippen LogP contribution in [-0.2, 0) is 0 Å². The maximum atomic E-state index is 11.7. The van der Waals surface area contributed by atoms with Crippen LogP contribution in [0.1, 0.15) is 36.2 Å². The number of carbonyl (C=O) groups is 1. The molecule has 0 aliphatic heterocycles. The predicted molar refractivity (Wildman–Crippen MR) is 59.2 cm³/mol. The van der Waals surface area contributed by atoms with Crippen molar-refractivity contribution in [2.24, 2.45) is 0 Å². The summed E-state index contributed by atoms with van der Waals surface area (Å²) in [4.78, 5) is 20.0. The Balaban J connectivity index is 1.69. The number of hydrogen-bond acceptors (Lipinski definition) is 4. The molecule has 0 unspecified atom stereocenters. The van der Waals surface area contributed by atoms with E-state index < -0.39 is 0 Å². The smallest absolute Gasteiger partial charge is 0.270 e. The van der Waals surface area contributed by atoms with Gasteiger partial charge in [0, 0.05) is 18.3 Å². The van der Waals surface area contributed by atoms with Crippen LogP contribution in [0.5, 0.6) is 0 Å². The molecule has 16 heavy (non-hydrogen) atoms. The van der Waals surface area contributed by atoms with E-state index in [0.29, 0.717) is 23.7 Å². The molecule has 0 radical (unpaired) electrons. The number of nitrogens with one attached hydrogen (secondary N) is 2. The molecule has 2 N–H and O–H groups in total. The average molecular weight is 218 g/mol. The zero-order valence-corrected chi connectivity index (χ0v) is 8.94. The highest BCUT2D eigenvalue weighted by Crippen LogP contribution is 2.23. The van der Waals surface area contributed by atoms with Crippen molar-refractivity contribution in [3.05, 3.63) is 18.0 Å². The second-order valence-electron chi connectivity index (χ2n) is 4.43. The molecular formula is C11H14N4O. The third kappa shape index (κ3) is 2.29. The van der Waals surface area contributed by atoms with E-state index in [-0.39, 0.29) is 5.91 Å². The van der Waals surface area contributed by atoms with Crippen LogP contribution in [0.15, 0.2) is 12.3 Å². The molecule has 0 aromatic carbocycles. The molecule has 84 valence electrons. The van der Waals surface area contributed by atoms with Gasteiger partial charge in [-0.25, -0.2) is 9.97 Å². The summed E-state index contributed by atoms with van der Waals surface area (Å²) in [7, 11) is 0. The number of amides is 1. The van der Waals surface area contributed by atoms with Gasteiger partial charge < -0.3 is 10.6 Å². The average Bonchev–Trinajstić information content (AvgIpc) is 3.14. The Hall–Kier alpha value is -1.65. The van der Waals surface area contributed by atoms with Crippen molar-refractivity contribution < 1.29 is 4.79 Å². The molecule has 5 nitrogen and oxygen atoms in total. The summed E-state index contributed by atoms with van der Waals surface area (Å²) in [6.07, 6.45) is 6.14. The molecule has 2 aliphatic carbocycles. The Morgan fingerprint density at radius 3 is 2.69 bits per heavy atom. The molecule has 2 fully saturated rings. The SMILES string of the molecule is O=C(NC1CC1)c1ccnc(NC2CC2)n1. The van der Waals surface area contributed by atoms with Crippen molar-refractivity contribution in [2.45, 2.75) is 37.8 Å². The van der Waals surface area contributed by atoms with Crippen molar-refractivity contribution in [1.82, 2.24) is 15.3 Å². The first-order valence-corrected chi connectivity index (χ1v) is 5.72. The number of aromatic nitrogens is 2. The molecule has 2 aliphatic rings. The normalized spacial score (nSPS) is 19.2. The van der Waals surface area contributed by atoms with Gasteiger partial charge >= 0.3 is 0 Å². The maximum Gasteiger partial charge on any atom is 0.270 e. The summed E-state index contributed by atoms with van der Waals surface area (Å²) < 4.78 is 0. The van der Waals surface area contributed by atoms with E-state index in [4.69, 9.17) is 0 Å². The summed E-state index contributed by atoms with van der Waals surface area (Å²) in [6, 6.07) is 2.51. The van der Waals surface area contributed by atoms with Crippen LogP contribution >= 0.6 is 0 Å². The zero-order chi connectivity index (χ0) is 11.0. The van der Waals surface area contributed by atoms with Crippen LogP contribution in [0.25, 0.3) is 0 Å². The minimum atomic E-state index is -0.0938. The monoisotopic (exact) mass is 218 g/mol. The Bertz CT molecular complexity index is 412. The third-order valence-corrected chi connectivity index (χ3v) is 2.71. The Labute approximate surface area is 93.7 Å². The maximum absolute atomic E-state index is 11.7. The highest BCUT2D eigenvalue weighted by atomic mass is 16.2. The summed E-state index contributed by atoms with van der Waals surface area (Å²) in [5.74, 6) is 0.467. The number of nitrogens with zero attached hydrogens (tertiary/aromatic N) is 2. The van der Waals surface area contributed by atoms with Gasteiger partial charge in [0.05, 0.1) is 0 Å². The lowest BCUT2D eigenvalue weighted by molar-refractivity contribution is 0.0946. The Morgan fingerprint density at radius 1 is 1.25 bits per heavy atom. The topological polar surface area (TPSA) is 66.9 Å². The third-order valence-electron chi connectivity index (χ3n) is 2.71. The van der Waals surface area contributed by atoms with Gasteiger partial charge in [0.15, 0.2) is 0 Å². The van der Waals surface area contributed by atoms with Crippen LogP contribution in [0.2, 0.25) is 0 Å². The largest absolute Gasteiger partial charge is 0.351 e. The highest BCUT2D eigenvalue weighted by Gasteiger charge is 2.25. The first kappa shape index (κ1) is 9.57. The molecule has 0 spiro atoms. The Kier molecular flexibility index (Phi) is 2.23. The zero-order valence-electron chi connectivity index (χ0n) is 8.94. The van der Waals surface area contributed by atoms with Gasteiger partial charge in [-0.3, -0.25) is 4.79 Å². The minimum Gasteiger partial charge on any atom is -0.351 e. The molecule has 1 aromatic heterocycles. The van der Waals surface area contributed by atoms with E-state index >= 15 is 0 Å². The fourth-order valence-corrected chi connectivity index (χ4v) is 1.45. The van der Waals surface area contributed by atoms with E-state index in [9.17, 15) is 4.79 Å². The minimum absolute atomic E-state index is 0.0938. The summed E-state index contributed by atoms with van der Waals surface area (Å²) in [5.41, 5.74) is 0.449. The predicted octanol–water partition coefficient (Wildman–Crippen LogP) is 0.943. The Morgan fingerprint density at radius 2 is 2.00 bits per heavy atom. The van der Waals surface area contributed by atoms with Crippen LogP contribution in [0, 0.1) is 0 Å². The number of rotatable bonds is 4. The molecule has 1 heterocycles. The van der Waals surface area contributed by atoms with E-state index in [1.165, 1.54) is 12.8 Å². The first-order chi connectivity index (χ1) is 7.81. The second kappa shape index (κ2) is 3.73. The number of carbonyl (C=O) groups excluding carboxylic acids is 1. The van der Waals surface area contributed by atoms with Crippen LogP contribution in [-0.4, -0.2) is 28.0 Å². The molecule has 0 saturated heterocycles. The molecule has 1 aromatic rings. The van der Waals surface area contributed by atoms with Gasteiger partial charge in [-0.05, 0) is 31.7 Å². The number of hydrogen-bond donors (Lipinski definition) is 2. The van der Waals surface area contributed by atoms with Crippen LogP contribution < -0.4 is 10.6 Å².